The van der Waals surface area contributed by atoms with Gasteiger partial charge in [0, 0.05) is 31.1 Å². The van der Waals surface area contributed by atoms with Gasteiger partial charge in [0.2, 0.25) is 5.91 Å². The molecule has 3 aliphatic carbocycles. The van der Waals surface area contributed by atoms with Crippen molar-refractivity contribution in [1.82, 2.24) is 14.9 Å². The molecule has 0 bridgehead atoms. The van der Waals surface area contributed by atoms with Gasteiger partial charge in [-0.2, -0.15) is 0 Å². The highest BCUT2D eigenvalue weighted by Crippen LogP contribution is 2.67. The summed E-state index contributed by atoms with van der Waals surface area (Å²) in [4.78, 5) is 16.3. The van der Waals surface area contributed by atoms with Crippen molar-refractivity contribution < 1.29 is 4.79 Å². The predicted octanol–water partition coefficient (Wildman–Crippen LogP) is 4.46. The Morgan fingerprint density at radius 2 is 2.00 bits per heavy atom. The van der Waals surface area contributed by atoms with Gasteiger partial charge in [-0.05, 0) is 79.1 Å². The summed E-state index contributed by atoms with van der Waals surface area (Å²) in [6.07, 6.45) is 17.6. The normalized spacial score (nSPS) is 45.0. The quantitative estimate of drug-likeness (QED) is 0.810. The van der Waals surface area contributed by atoms with Crippen LogP contribution in [0.3, 0.4) is 0 Å². The third-order valence-corrected chi connectivity index (χ3v) is 8.85. The zero-order chi connectivity index (χ0) is 17.9. The first-order valence-electron chi connectivity index (χ1n) is 10.5. The molecular weight excluding hydrogens is 322 g/mol. The molecule has 4 heteroatoms. The van der Waals surface area contributed by atoms with Crippen LogP contribution in [0.15, 0.2) is 30.5 Å². The highest BCUT2D eigenvalue weighted by molar-refractivity contribution is 5.77. The molecule has 0 aromatic carbocycles. The van der Waals surface area contributed by atoms with Gasteiger partial charge in [-0.1, -0.05) is 13.8 Å². The molecule has 2 heterocycles. The van der Waals surface area contributed by atoms with Gasteiger partial charge in [0.05, 0.1) is 6.33 Å². The molecule has 1 aromatic heterocycles. The fourth-order valence-corrected chi connectivity index (χ4v) is 7.44. The van der Waals surface area contributed by atoms with Crippen LogP contribution in [0.25, 0.3) is 0 Å². The van der Waals surface area contributed by atoms with Crippen LogP contribution in [0.4, 0.5) is 0 Å². The number of carbonyl (C=O) groups excluding carboxylic acids is 1. The van der Waals surface area contributed by atoms with Gasteiger partial charge in [0.15, 0.2) is 0 Å². The van der Waals surface area contributed by atoms with Crippen molar-refractivity contribution in [3.8, 4) is 0 Å². The number of rotatable bonds is 1. The molecular formula is C22H31N3O. The van der Waals surface area contributed by atoms with Crippen molar-refractivity contribution in [3.63, 3.8) is 0 Å². The van der Waals surface area contributed by atoms with Gasteiger partial charge in [-0.25, -0.2) is 4.98 Å². The summed E-state index contributed by atoms with van der Waals surface area (Å²) >= 11 is 0. The highest BCUT2D eigenvalue weighted by Gasteiger charge is 2.59. The maximum Gasteiger partial charge on any atom is 0.223 e. The highest BCUT2D eigenvalue weighted by atomic mass is 16.1. The number of nitrogens with one attached hydrogen (secondary N) is 1. The van der Waals surface area contributed by atoms with E-state index in [1.54, 1.807) is 0 Å². The van der Waals surface area contributed by atoms with E-state index in [1.165, 1.54) is 44.1 Å². The van der Waals surface area contributed by atoms with E-state index in [9.17, 15) is 4.79 Å². The summed E-state index contributed by atoms with van der Waals surface area (Å²) in [7, 11) is 0. The molecule has 6 atom stereocenters. The number of allylic oxidation sites excluding steroid dienone is 1. The lowest BCUT2D eigenvalue weighted by Crippen LogP contribution is -2.49. The number of fused-ring (bicyclic) bond motifs is 5. The van der Waals surface area contributed by atoms with E-state index >= 15 is 0 Å². The average molecular weight is 354 g/mol. The fraction of sp³-hybridized carbons (Fsp3) is 0.727. The Morgan fingerprint density at radius 1 is 1.12 bits per heavy atom. The molecule has 4 nitrogen and oxygen atoms in total. The molecule has 140 valence electrons. The molecule has 1 aliphatic heterocycles. The molecule has 1 aromatic rings. The van der Waals surface area contributed by atoms with Crippen LogP contribution in [0.2, 0.25) is 0 Å². The second-order valence-electron chi connectivity index (χ2n) is 9.72. The molecule has 26 heavy (non-hydrogen) atoms. The summed E-state index contributed by atoms with van der Waals surface area (Å²) in [6, 6.07) is 0.609. The molecule has 0 spiro atoms. The largest absolute Gasteiger partial charge is 0.334 e. The van der Waals surface area contributed by atoms with Crippen molar-refractivity contribution in [2.45, 2.75) is 71.3 Å². The van der Waals surface area contributed by atoms with Crippen LogP contribution in [0.1, 0.15) is 71.3 Å². The fourth-order valence-electron chi connectivity index (χ4n) is 7.44. The van der Waals surface area contributed by atoms with Crippen molar-refractivity contribution >= 4 is 5.91 Å². The Kier molecular flexibility index (Phi) is 3.64. The number of aromatic nitrogens is 2. The molecule has 0 saturated heterocycles. The van der Waals surface area contributed by atoms with Crippen molar-refractivity contribution in [1.29, 1.82) is 0 Å². The third-order valence-electron chi connectivity index (χ3n) is 8.85. The maximum absolute atomic E-state index is 12.0. The van der Waals surface area contributed by atoms with Crippen molar-refractivity contribution in [2.75, 3.05) is 0 Å². The van der Waals surface area contributed by atoms with E-state index < -0.39 is 0 Å². The SMILES string of the molecule is C[C@]12CCC3C(CCC4=CNC(=O)CC[C@@]43C)C1CCC2n1ccnc1. The molecule has 4 unspecified atom stereocenters. The second kappa shape index (κ2) is 5.71. The molecule has 4 aliphatic rings. The molecule has 5 rings (SSSR count). The summed E-state index contributed by atoms with van der Waals surface area (Å²) in [5.41, 5.74) is 2.13. The zero-order valence-electron chi connectivity index (χ0n) is 16.1. The number of amides is 1. The molecule has 1 N–H and O–H groups in total. The van der Waals surface area contributed by atoms with Crippen molar-refractivity contribution in [3.05, 3.63) is 30.5 Å². The third kappa shape index (κ3) is 2.20. The lowest BCUT2D eigenvalue weighted by Gasteiger charge is -2.57. The monoisotopic (exact) mass is 353 g/mol. The van der Waals surface area contributed by atoms with Gasteiger partial charge >= 0.3 is 0 Å². The number of nitrogens with zero attached hydrogens (tertiary/aromatic N) is 2. The van der Waals surface area contributed by atoms with E-state index in [0.29, 0.717) is 17.9 Å². The van der Waals surface area contributed by atoms with Crippen LogP contribution in [0, 0.1) is 28.6 Å². The van der Waals surface area contributed by atoms with Crippen LogP contribution in [-0.4, -0.2) is 15.5 Å². The first kappa shape index (κ1) is 16.6. The summed E-state index contributed by atoms with van der Waals surface area (Å²) in [6.45, 7) is 5.01. The smallest absolute Gasteiger partial charge is 0.223 e. The minimum absolute atomic E-state index is 0.200. The number of imidazole rings is 1. The van der Waals surface area contributed by atoms with E-state index in [2.05, 4.69) is 41.1 Å². The molecule has 1 amide bonds. The van der Waals surface area contributed by atoms with Gasteiger partial charge < -0.3 is 9.88 Å². The van der Waals surface area contributed by atoms with Gasteiger partial charge in [0.25, 0.3) is 0 Å². The Balaban J connectivity index is 1.47. The van der Waals surface area contributed by atoms with E-state index in [1.807, 2.05) is 12.5 Å². The Labute approximate surface area is 156 Å². The van der Waals surface area contributed by atoms with E-state index in [4.69, 9.17) is 0 Å². The summed E-state index contributed by atoms with van der Waals surface area (Å²) in [5.74, 6) is 2.58. The Morgan fingerprint density at radius 3 is 2.81 bits per heavy atom. The first-order valence-corrected chi connectivity index (χ1v) is 10.5. The average Bonchev–Trinajstić information content (AvgIpc) is 3.22. The van der Waals surface area contributed by atoms with Gasteiger partial charge in [-0.3, -0.25) is 4.79 Å². The number of hydrogen-bond acceptors (Lipinski definition) is 2. The van der Waals surface area contributed by atoms with Gasteiger partial charge in [-0.15, -0.1) is 0 Å². The lowest BCUT2D eigenvalue weighted by molar-refractivity contribution is -0.120. The zero-order valence-corrected chi connectivity index (χ0v) is 16.1. The Bertz CT molecular complexity index is 739. The topological polar surface area (TPSA) is 46.9 Å². The minimum Gasteiger partial charge on any atom is -0.334 e. The number of hydrogen-bond donors (Lipinski definition) is 1. The predicted molar refractivity (Wildman–Crippen MR) is 101 cm³/mol. The first-order chi connectivity index (χ1) is 12.5. The molecule has 0 radical (unpaired) electrons. The Hall–Kier alpha value is -1.58. The van der Waals surface area contributed by atoms with Gasteiger partial charge in [0.1, 0.15) is 0 Å². The lowest BCUT2D eigenvalue weighted by atomic mass is 9.48. The van der Waals surface area contributed by atoms with E-state index in [-0.39, 0.29) is 11.3 Å². The van der Waals surface area contributed by atoms with Crippen LogP contribution in [0.5, 0.6) is 0 Å². The maximum atomic E-state index is 12.0. The summed E-state index contributed by atoms with van der Waals surface area (Å²) in [5, 5.41) is 3.03. The minimum atomic E-state index is 0.200. The van der Waals surface area contributed by atoms with Crippen molar-refractivity contribution in [2.24, 2.45) is 28.6 Å². The van der Waals surface area contributed by atoms with Crippen LogP contribution in [-0.2, 0) is 4.79 Å². The molecule has 3 fully saturated rings. The van der Waals surface area contributed by atoms with Crippen LogP contribution >= 0.6 is 0 Å². The second-order valence-corrected chi connectivity index (χ2v) is 9.72. The van der Waals surface area contributed by atoms with E-state index in [0.717, 1.165) is 24.2 Å². The number of carbonyl (C=O) groups is 1. The van der Waals surface area contributed by atoms with Crippen LogP contribution < -0.4 is 5.32 Å². The summed E-state index contributed by atoms with van der Waals surface area (Å²) < 4.78 is 2.38. The standard InChI is InChI=1S/C22H31N3O/c1-21-10-8-20(26)24-13-15(21)3-4-16-17-5-6-19(25-12-11-23-14-25)22(17,2)9-7-18(16)21/h11-14,16-19H,3-10H2,1-2H3,(H,24,26)/t16?,17?,18?,19?,21-,22-/m0/s1. The molecule has 3 saturated carbocycles.